The van der Waals surface area contributed by atoms with Gasteiger partial charge in [-0.15, -0.1) is 0 Å². The van der Waals surface area contributed by atoms with Crippen LogP contribution in [-0.2, 0) is 28.4 Å². The molecule has 1 aromatic carbocycles. The maximum absolute atomic E-state index is 11.2. The number of benzene rings is 1. The normalized spacial score (nSPS) is 52.7. The summed E-state index contributed by atoms with van der Waals surface area (Å²) < 4.78 is 43.7. The Morgan fingerprint density at radius 3 is 2.46 bits per heavy atom. The van der Waals surface area contributed by atoms with Crippen LogP contribution in [0.2, 0.25) is 0 Å². The fourth-order valence-corrected chi connectivity index (χ4v) is 12.6. The third-order valence-corrected chi connectivity index (χ3v) is 15.4. The van der Waals surface area contributed by atoms with Crippen molar-refractivity contribution in [3.8, 4) is 5.75 Å². The molecule has 4 aliphatic carbocycles. The van der Waals surface area contributed by atoms with Crippen LogP contribution in [0, 0.1) is 46.3 Å². The molecule has 50 heavy (non-hydrogen) atoms. The van der Waals surface area contributed by atoms with E-state index >= 15 is 0 Å². The summed E-state index contributed by atoms with van der Waals surface area (Å²) in [6, 6.07) is 7.45. The van der Waals surface area contributed by atoms with Gasteiger partial charge in [-0.05, 0) is 104 Å². The van der Waals surface area contributed by atoms with Crippen molar-refractivity contribution in [2.75, 3.05) is 20.3 Å². The SMILES string of the molecule is COc1ccc(C2OCC3O[C@@H](O[C@H]4CC[C@@]5(C)C(=CC[C@H]6[C@@H]7C[C@@H]8O[C@]9(CC[C@@H](C)CO9)[C@@H](C)[C@@H]8[C@@]7(C)CC[C@@H]65)C4)[C@@H](O)C(O)[C@@H]3O2)cc1. The Kier molecular flexibility index (Phi) is 8.56. The number of fused-ring (bicyclic) bond motifs is 8. The highest BCUT2D eigenvalue weighted by Crippen LogP contribution is 2.70. The summed E-state index contributed by atoms with van der Waals surface area (Å²) >= 11 is 0. The Bertz CT molecular complexity index is 1440. The number of rotatable bonds is 4. The number of allylic oxidation sites excluding steroid dienone is 1. The highest BCUT2D eigenvalue weighted by molar-refractivity contribution is 5.29. The minimum atomic E-state index is -1.21. The second kappa shape index (κ2) is 12.5. The Balaban J connectivity index is 0.845. The van der Waals surface area contributed by atoms with Gasteiger partial charge in [0.15, 0.2) is 18.4 Å². The maximum Gasteiger partial charge on any atom is 0.186 e. The van der Waals surface area contributed by atoms with E-state index in [1.165, 1.54) is 31.3 Å². The summed E-state index contributed by atoms with van der Waals surface area (Å²) in [6.07, 6.45) is 7.50. The zero-order chi connectivity index (χ0) is 34.6. The predicted molar refractivity (Wildman–Crippen MR) is 184 cm³/mol. The number of hydrogen-bond donors (Lipinski definition) is 2. The van der Waals surface area contributed by atoms with E-state index in [9.17, 15) is 10.2 Å². The molecular weight excluding hydrogens is 636 g/mol. The van der Waals surface area contributed by atoms with Crippen molar-refractivity contribution in [2.45, 2.75) is 140 Å². The third kappa shape index (κ3) is 5.23. The Morgan fingerprint density at radius 2 is 1.70 bits per heavy atom. The van der Waals surface area contributed by atoms with Gasteiger partial charge in [0.25, 0.3) is 0 Å². The molecule has 4 saturated heterocycles. The molecule has 9 rings (SSSR count). The van der Waals surface area contributed by atoms with Crippen LogP contribution in [0.5, 0.6) is 5.75 Å². The van der Waals surface area contributed by atoms with E-state index in [0.717, 1.165) is 50.0 Å². The molecule has 9 nitrogen and oxygen atoms in total. The first kappa shape index (κ1) is 34.2. The highest BCUT2D eigenvalue weighted by atomic mass is 16.8. The lowest BCUT2D eigenvalue weighted by atomic mass is 9.47. The zero-order valence-corrected chi connectivity index (χ0v) is 30.5. The molecule has 4 heterocycles. The average molecular weight is 695 g/mol. The van der Waals surface area contributed by atoms with Crippen LogP contribution in [-0.4, -0.2) is 79.2 Å². The van der Waals surface area contributed by atoms with Crippen LogP contribution >= 0.6 is 0 Å². The van der Waals surface area contributed by atoms with Gasteiger partial charge >= 0.3 is 0 Å². The smallest absolute Gasteiger partial charge is 0.186 e. The number of ether oxygens (including phenoxy) is 7. The molecule has 3 saturated carbocycles. The van der Waals surface area contributed by atoms with Crippen molar-refractivity contribution in [3.05, 3.63) is 41.5 Å². The summed E-state index contributed by atoms with van der Waals surface area (Å²) in [7, 11) is 1.62. The van der Waals surface area contributed by atoms with Crippen LogP contribution in [0.15, 0.2) is 35.9 Å². The summed E-state index contributed by atoms with van der Waals surface area (Å²) in [5.74, 6) is 4.07. The van der Waals surface area contributed by atoms with Crippen molar-refractivity contribution in [1.29, 1.82) is 0 Å². The first-order valence-electron chi connectivity index (χ1n) is 19.6. The molecule has 9 heteroatoms. The largest absolute Gasteiger partial charge is 0.497 e. The van der Waals surface area contributed by atoms with Crippen molar-refractivity contribution in [3.63, 3.8) is 0 Å². The first-order chi connectivity index (χ1) is 24.0. The summed E-state index contributed by atoms with van der Waals surface area (Å²) in [5.41, 5.74) is 2.80. The number of aliphatic hydroxyl groups is 2. The minimum Gasteiger partial charge on any atom is -0.497 e. The maximum atomic E-state index is 11.2. The number of methoxy groups -OCH3 is 1. The van der Waals surface area contributed by atoms with Gasteiger partial charge in [0.1, 0.15) is 30.2 Å². The molecule has 0 bridgehead atoms. The average Bonchev–Trinajstić information content (AvgIpc) is 3.57. The second-order valence-electron chi connectivity index (χ2n) is 17.8. The van der Waals surface area contributed by atoms with Crippen LogP contribution in [0.25, 0.3) is 0 Å². The Morgan fingerprint density at radius 1 is 0.880 bits per heavy atom. The number of hydrogen-bond acceptors (Lipinski definition) is 9. The zero-order valence-electron chi connectivity index (χ0n) is 30.5. The van der Waals surface area contributed by atoms with Gasteiger partial charge < -0.3 is 43.4 Å². The van der Waals surface area contributed by atoms with Gasteiger partial charge in [0, 0.05) is 17.9 Å². The standard InChI is InChI=1S/C41H58O9/c1-22-12-17-41(46-20-22)23(2)33-31(50-41)19-30-28-11-8-25-18-27(13-15-39(25,3)29(28)14-16-40(30,33)4)47-38-35(43)34(42)36-32(48-38)21-45-37(49-36)24-6-9-26(44-5)10-7-24/h6-10,22-23,27-38,42-43H,11-21H2,1-5H3/t22-,23+,27+,28-,29+,30+,31+,32?,33+,34?,35+,36-,37?,38-,39+,40+,41-/m1/s1. The van der Waals surface area contributed by atoms with E-state index in [4.69, 9.17) is 33.2 Å². The van der Waals surface area contributed by atoms with Crippen molar-refractivity contribution in [1.82, 2.24) is 0 Å². The van der Waals surface area contributed by atoms with E-state index in [1.54, 1.807) is 7.11 Å². The summed E-state index contributed by atoms with van der Waals surface area (Å²) in [5, 5.41) is 22.4. The topological polar surface area (TPSA) is 105 Å². The lowest BCUT2D eigenvalue weighted by Crippen LogP contribution is -2.62. The van der Waals surface area contributed by atoms with E-state index in [2.05, 4.69) is 33.8 Å². The van der Waals surface area contributed by atoms with Crippen LogP contribution in [0.1, 0.15) is 97.3 Å². The van der Waals surface area contributed by atoms with Crippen molar-refractivity contribution in [2.24, 2.45) is 46.3 Å². The molecule has 0 radical (unpaired) electrons. The molecule has 8 aliphatic rings. The van der Waals surface area contributed by atoms with E-state index < -0.39 is 37.0 Å². The fourth-order valence-electron chi connectivity index (χ4n) is 12.6. The third-order valence-electron chi connectivity index (χ3n) is 15.4. The fraction of sp³-hybridized carbons (Fsp3) is 0.805. The van der Waals surface area contributed by atoms with Gasteiger partial charge in [0.05, 0.1) is 32.5 Å². The molecule has 7 fully saturated rings. The van der Waals surface area contributed by atoms with Gasteiger partial charge in [-0.1, -0.05) is 51.5 Å². The van der Waals surface area contributed by atoms with E-state index in [1.807, 2.05) is 24.3 Å². The van der Waals surface area contributed by atoms with Crippen molar-refractivity contribution >= 4 is 0 Å². The van der Waals surface area contributed by atoms with Crippen LogP contribution < -0.4 is 4.74 Å². The van der Waals surface area contributed by atoms with E-state index in [-0.39, 0.29) is 23.9 Å². The van der Waals surface area contributed by atoms with Crippen molar-refractivity contribution < 1.29 is 43.4 Å². The molecule has 1 aromatic rings. The molecule has 2 N–H and O–H groups in total. The molecule has 17 atom stereocenters. The Hall–Kier alpha value is -1.56. The lowest BCUT2D eigenvalue weighted by Gasteiger charge is -2.58. The second-order valence-corrected chi connectivity index (χ2v) is 17.8. The monoisotopic (exact) mass is 694 g/mol. The van der Waals surface area contributed by atoms with Crippen LogP contribution in [0.3, 0.4) is 0 Å². The first-order valence-corrected chi connectivity index (χ1v) is 19.6. The summed E-state index contributed by atoms with van der Waals surface area (Å²) in [6.45, 7) is 10.9. The molecule has 4 aliphatic heterocycles. The van der Waals surface area contributed by atoms with Gasteiger partial charge in [-0.2, -0.15) is 0 Å². The lowest BCUT2D eigenvalue weighted by molar-refractivity contribution is -0.367. The molecule has 3 unspecified atom stereocenters. The molecule has 0 amide bonds. The minimum absolute atomic E-state index is 0.0740. The number of aliphatic hydroxyl groups excluding tert-OH is 2. The molecular formula is C41H58O9. The van der Waals surface area contributed by atoms with Gasteiger partial charge in [-0.25, -0.2) is 0 Å². The quantitative estimate of drug-likeness (QED) is 0.351. The molecule has 1 spiro atoms. The Labute approximate surface area is 297 Å². The highest BCUT2D eigenvalue weighted by Gasteiger charge is 2.68. The predicted octanol–water partition coefficient (Wildman–Crippen LogP) is 6.31. The molecule has 276 valence electrons. The van der Waals surface area contributed by atoms with E-state index in [0.29, 0.717) is 47.0 Å². The van der Waals surface area contributed by atoms with Gasteiger partial charge in [-0.3, -0.25) is 0 Å². The molecule has 0 aromatic heterocycles. The van der Waals surface area contributed by atoms with Crippen LogP contribution in [0.4, 0.5) is 0 Å². The van der Waals surface area contributed by atoms with Gasteiger partial charge in [0.2, 0.25) is 0 Å². The summed E-state index contributed by atoms with van der Waals surface area (Å²) in [4.78, 5) is 0.